The van der Waals surface area contributed by atoms with Crippen LogP contribution >= 0.6 is 0 Å². The topological polar surface area (TPSA) is 12.0 Å². The third-order valence-electron chi connectivity index (χ3n) is 2.06. The van der Waals surface area contributed by atoms with Gasteiger partial charge in [-0.1, -0.05) is 12.2 Å². The molecule has 0 radical (unpaired) electrons. The van der Waals surface area contributed by atoms with Gasteiger partial charge in [0.1, 0.15) is 6.17 Å². The summed E-state index contributed by atoms with van der Waals surface area (Å²) in [6, 6.07) is 0. The van der Waals surface area contributed by atoms with Crippen LogP contribution in [0.5, 0.6) is 0 Å². The van der Waals surface area contributed by atoms with Crippen molar-refractivity contribution < 1.29 is 4.39 Å². The molecule has 1 unspecified atom stereocenters. The molecule has 1 atom stereocenters. The van der Waals surface area contributed by atoms with Crippen molar-refractivity contribution in [3.63, 3.8) is 0 Å². The standard InChI is InChI=1S/C8H10FN/c9-8-2-1-6-4-10-5-7(6)3-8/h1-2,8,10H,3-5H2. The molecule has 54 valence electrons. The number of nitrogens with one attached hydrogen (secondary N) is 1. The van der Waals surface area contributed by atoms with Crippen LogP contribution < -0.4 is 5.32 Å². The van der Waals surface area contributed by atoms with Crippen LogP contribution in [0.1, 0.15) is 6.42 Å². The van der Waals surface area contributed by atoms with Crippen LogP contribution in [0, 0.1) is 0 Å². The Labute approximate surface area is 59.6 Å². The first-order chi connectivity index (χ1) is 4.86. The predicted molar refractivity (Wildman–Crippen MR) is 38.5 cm³/mol. The van der Waals surface area contributed by atoms with Crippen molar-refractivity contribution in [1.29, 1.82) is 0 Å². The van der Waals surface area contributed by atoms with Crippen molar-refractivity contribution in [1.82, 2.24) is 5.32 Å². The molecule has 2 heteroatoms. The highest BCUT2D eigenvalue weighted by atomic mass is 19.1. The molecule has 1 heterocycles. The lowest BCUT2D eigenvalue weighted by Gasteiger charge is -2.09. The van der Waals surface area contributed by atoms with Gasteiger partial charge >= 0.3 is 0 Å². The summed E-state index contributed by atoms with van der Waals surface area (Å²) >= 11 is 0. The first kappa shape index (κ1) is 6.10. The van der Waals surface area contributed by atoms with Gasteiger partial charge < -0.3 is 5.32 Å². The lowest BCUT2D eigenvalue weighted by atomic mass is 9.99. The second kappa shape index (κ2) is 2.20. The number of halogens is 1. The smallest absolute Gasteiger partial charge is 0.122 e. The summed E-state index contributed by atoms with van der Waals surface area (Å²) in [7, 11) is 0. The van der Waals surface area contributed by atoms with Crippen LogP contribution in [0.25, 0.3) is 0 Å². The number of hydrogen-bond acceptors (Lipinski definition) is 1. The van der Waals surface area contributed by atoms with Gasteiger partial charge in [-0.25, -0.2) is 4.39 Å². The number of allylic oxidation sites excluding steroid dienone is 1. The second-order valence-electron chi connectivity index (χ2n) is 2.81. The van der Waals surface area contributed by atoms with Crippen molar-refractivity contribution >= 4 is 0 Å². The van der Waals surface area contributed by atoms with E-state index >= 15 is 0 Å². The van der Waals surface area contributed by atoms with Crippen LogP contribution in [-0.2, 0) is 0 Å². The molecule has 0 bridgehead atoms. The molecule has 0 amide bonds. The molecule has 1 N–H and O–H groups in total. The normalized spacial score (nSPS) is 31.1. The molecule has 0 spiro atoms. The highest BCUT2D eigenvalue weighted by molar-refractivity contribution is 5.36. The van der Waals surface area contributed by atoms with E-state index in [0.29, 0.717) is 6.42 Å². The SMILES string of the molecule is FC1C=CC2=C(CNC2)C1. The van der Waals surface area contributed by atoms with Crippen LogP contribution in [-0.4, -0.2) is 19.3 Å². The van der Waals surface area contributed by atoms with E-state index in [0.717, 1.165) is 13.1 Å². The zero-order valence-electron chi connectivity index (χ0n) is 5.73. The molecule has 0 saturated carbocycles. The van der Waals surface area contributed by atoms with Crippen molar-refractivity contribution in [3.05, 3.63) is 23.3 Å². The van der Waals surface area contributed by atoms with E-state index in [1.54, 1.807) is 6.08 Å². The maximum Gasteiger partial charge on any atom is 0.122 e. The molecular weight excluding hydrogens is 129 g/mol. The molecule has 1 aliphatic heterocycles. The number of alkyl halides is 1. The zero-order valence-corrected chi connectivity index (χ0v) is 5.73. The minimum Gasteiger partial charge on any atom is -0.309 e. The molecule has 2 aliphatic rings. The summed E-state index contributed by atoms with van der Waals surface area (Å²) in [6.07, 6.45) is 3.42. The maximum absolute atomic E-state index is 12.7. The van der Waals surface area contributed by atoms with Crippen molar-refractivity contribution in [2.75, 3.05) is 13.1 Å². The Morgan fingerprint density at radius 3 is 3.30 bits per heavy atom. The number of rotatable bonds is 0. The van der Waals surface area contributed by atoms with E-state index < -0.39 is 6.17 Å². The van der Waals surface area contributed by atoms with Crippen molar-refractivity contribution in [3.8, 4) is 0 Å². The van der Waals surface area contributed by atoms with Gasteiger partial charge in [0.15, 0.2) is 0 Å². The molecule has 0 saturated heterocycles. The average Bonchev–Trinajstić information content (AvgIpc) is 2.33. The Balaban J connectivity index is 2.22. The molecule has 2 rings (SSSR count). The molecule has 10 heavy (non-hydrogen) atoms. The van der Waals surface area contributed by atoms with Crippen LogP contribution in [0.3, 0.4) is 0 Å². The van der Waals surface area contributed by atoms with Crippen LogP contribution in [0.4, 0.5) is 4.39 Å². The minimum absolute atomic E-state index is 0.610. The Hall–Kier alpha value is -0.630. The summed E-state index contributed by atoms with van der Waals surface area (Å²) in [4.78, 5) is 0. The quantitative estimate of drug-likeness (QED) is 0.531. The van der Waals surface area contributed by atoms with Gasteiger partial charge in [-0.15, -0.1) is 0 Å². The van der Waals surface area contributed by atoms with Crippen LogP contribution in [0.15, 0.2) is 23.3 Å². The summed E-state index contributed by atoms with van der Waals surface area (Å²) in [5.74, 6) is 0. The van der Waals surface area contributed by atoms with Gasteiger partial charge in [0.25, 0.3) is 0 Å². The molecular formula is C8H10FN. The predicted octanol–water partition coefficient (Wildman–Crippen LogP) is 1.18. The molecule has 0 aromatic heterocycles. The molecule has 0 fully saturated rings. The fourth-order valence-corrected chi connectivity index (χ4v) is 1.49. The maximum atomic E-state index is 12.7. The van der Waals surface area contributed by atoms with E-state index in [9.17, 15) is 4.39 Å². The average molecular weight is 139 g/mol. The highest BCUT2D eigenvalue weighted by Crippen LogP contribution is 2.23. The molecule has 0 aromatic rings. The van der Waals surface area contributed by atoms with E-state index in [1.165, 1.54) is 11.1 Å². The van der Waals surface area contributed by atoms with Gasteiger partial charge in [0.05, 0.1) is 0 Å². The summed E-state index contributed by atoms with van der Waals surface area (Å²) in [6.45, 7) is 1.82. The molecule has 0 aromatic carbocycles. The van der Waals surface area contributed by atoms with E-state index in [-0.39, 0.29) is 0 Å². The summed E-state index contributed by atoms with van der Waals surface area (Å²) < 4.78 is 12.7. The largest absolute Gasteiger partial charge is 0.309 e. The van der Waals surface area contributed by atoms with Crippen molar-refractivity contribution in [2.45, 2.75) is 12.6 Å². The molecule has 1 nitrogen and oxygen atoms in total. The minimum atomic E-state index is -0.737. The zero-order chi connectivity index (χ0) is 6.97. The monoisotopic (exact) mass is 139 g/mol. The van der Waals surface area contributed by atoms with Crippen LogP contribution in [0.2, 0.25) is 0 Å². The van der Waals surface area contributed by atoms with Gasteiger partial charge in [-0.3, -0.25) is 0 Å². The lowest BCUT2D eigenvalue weighted by molar-refractivity contribution is 0.393. The van der Waals surface area contributed by atoms with Gasteiger partial charge in [-0.05, 0) is 11.1 Å². The van der Waals surface area contributed by atoms with E-state index in [4.69, 9.17) is 0 Å². The van der Waals surface area contributed by atoms with Gasteiger partial charge in [0, 0.05) is 19.5 Å². The Morgan fingerprint density at radius 2 is 2.40 bits per heavy atom. The first-order valence-electron chi connectivity index (χ1n) is 3.60. The van der Waals surface area contributed by atoms with Gasteiger partial charge in [-0.2, -0.15) is 0 Å². The van der Waals surface area contributed by atoms with E-state index in [2.05, 4.69) is 5.32 Å². The fourth-order valence-electron chi connectivity index (χ4n) is 1.49. The third kappa shape index (κ3) is 0.886. The lowest BCUT2D eigenvalue weighted by Crippen LogP contribution is -2.09. The Bertz CT molecular complexity index is 205. The highest BCUT2D eigenvalue weighted by Gasteiger charge is 2.18. The summed E-state index contributed by atoms with van der Waals surface area (Å²) in [5, 5.41) is 3.19. The Kier molecular flexibility index (Phi) is 1.34. The molecule has 1 aliphatic carbocycles. The van der Waals surface area contributed by atoms with Gasteiger partial charge in [0.2, 0.25) is 0 Å². The second-order valence-corrected chi connectivity index (χ2v) is 2.81. The Morgan fingerprint density at radius 1 is 1.50 bits per heavy atom. The van der Waals surface area contributed by atoms with Crippen molar-refractivity contribution in [2.24, 2.45) is 0 Å². The summed E-state index contributed by atoms with van der Waals surface area (Å²) in [5.41, 5.74) is 2.56. The first-order valence-corrected chi connectivity index (χ1v) is 3.60. The number of hydrogen-bond donors (Lipinski definition) is 1. The third-order valence-corrected chi connectivity index (χ3v) is 2.06. The van der Waals surface area contributed by atoms with E-state index in [1.807, 2.05) is 6.08 Å². The fraction of sp³-hybridized carbons (Fsp3) is 0.500.